The van der Waals surface area contributed by atoms with Gasteiger partial charge in [0.2, 0.25) is 5.91 Å². The molecule has 0 N–H and O–H groups in total. The zero-order valence-corrected chi connectivity index (χ0v) is 20.2. The molecule has 0 radical (unpaired) electrons. The highest BCUT2D eigenvalue weighted by Gasteiger charge is 2.29. The second kappa shape index (κ2) is 9.40. The zero-order chi connectivity index (χ0) is 24.6. The van der Waals surface area contributed by atoms with E-state index in [-0.39, 0.29) is 35.3 Å². The molecule has 9 heteroatoms. The summed E-state index contributed by atoms with van der Waals surface area (Å²) < 4.78 is 3.79. The van der Waals surface area contributed by atoms with Crippen LogP contribution in [0.25, 0.3) is 11.2 Å². The number of ketones is 1. The summed E-state index contributed by atoms with van der Waals surface area (Å²) in [5.41, 5.74) is 1.39. The number of fused-ring (bicyclic) bond motifs is 1. The fourth-order valence-corrected chi connectivity index (χ4v) is 4.67. The van der Waals surface area contributed by atoms with Gasteiger partial charge >= 0.3 is 5.69 Å². The second-order valence-electron chi connectivity index (χ2n) is 9.57. The van der Waals surface area contributed by atoms with Crippen LogP contribution in [0.1, 0.15) is 42.6 Å². The Morgan fingerprint density at radius 1 is 1.06 bits per heavy atom. The maximum absolute atomic E-state index is 13.0. The van der Waals surface area contributed by atoms with Crippen LogP contribution in [0.4, 0.5) is 0 Å². The molecule has 0 bridgehead atoms. The second-order valence-corrected chi connectivity index (χ2v) is 9.57. The Morgan fingerprint density at radius 3 is 2.32 bits per heavy atom. The minimum Gasteiger partial charge on any atom is -0.341 e. The lowest BCUT2D eigenvalue weighted by molar-refractivity contribution is -0.133. The van der Waals surface area contributed by atoms with Gasteiger partial charge in [0.25, 0.3) is 5.56 Å². The van der Waals surface area contributed by atoms with E-state index < -0.39 is 11.2 Å². The highest BCUT2D eigenvalue weighted by atomic mass is 16.2. The third-order valence-corrected chi connectivity index (χ3v) is 6.60. The van der Waals surface area contributed by atoms with Gasteiger partial charge in [0.15, 0.2) is 16.9 Å². The lowest BCUT2D eigenvalue weighted by Crippen LogP contribution is -2.47. The van der Waals surface area contributed by atoms with Crippen LogP contribution in [0.3, 0.4) is 0 Å². The van der Waals surface area contributed by atoms with E-state index in [1.54, 1.807) is 16.5 Å². The van der Waals surface area contributed by atoms with Crippen LogP contribution in [-0.4, -0.2) is 48.4 Å². The standard InChI is InChI=1S/C25H31N5O4/c1-16(2)13-17-5-7-18(8-6-17)22(32)19-9-11-29(12-10-19)20(31)14-30-24(33)21-23(26-15-27(21)3)28(4)25(30)34/h5-8,15-16,19H,9-14H2,1-4H3. The Hall–Kier alpha value is -3.49. The molecular formula is C25H31N5O4. The molecule has 180 valence electrons. The Labute approximate surface area is 197 Å². The molecule has 1 aromatic carbocycles. The van der Waals surface area contributed by atoms with Crippen molar-refractivity contribution in [1.29, 1.82) is 0 Å². The molecule has 0 atom stereocenters. The minimum absolute atomic E-state index is 0.106. The van der Waals surface area contributed by atoms with E-state index in [9.17, 15) is 19.2 Å². The maximum Gasteiger partial charge on any atom is 0.332 e. The number of carbonyl (C=O) groups is 2. The van der Waals surface area contributed by atoms with Crippen LogP contribution in [0.15, 0.2) is 40.2 Å². The average Bonchev–Trinajstić information content (AvgIpc) is 3.21. The van der Waals surface area contributed by atoms with Crippen molar-refractivity contribution in [3.8, 4) is 0 Å². The van der Waals surface area contributed by atoms with Gasteiger partial charge in [-0.3, -0.25) is 19.0 Å². The lowest BCUT2D eigenvalue weighted by Gasteiger charge is -2.31. The van der Waals surface area contributed by atoms with E-state index >= 15 is 0 Å². The normalized spacial score (nSPS) is 14.8. The number of piperidine rings is 1. The number of imidazole rings is 1. The van der Waals surface area contributed by atoms with Gasteiger partial charge in [-0.1, -0.05) is 38.1 Å². The molecule has 0 spiro atoms. The third kappa shape index (κ3) is 4.47. The van der Waals surface area contributed by atoms with Crippen molar-refractivity contribution < 1.29 is 9.59 Å². The summed E-state index contributed by atoms with van der Waals surface area (Å²) in [4.78, 5) is 57.1. The molecule has 1 saturated heterocycles. The molecule has 0 aliphatic carbocycles. The number of Topliss-reactive ketones (excluding diaryl/α,β-unsaturated/α-hetero) is 1. The van der Waals surface area contributed by atoms with E-state index in [1.165, 1.54) is 23.5 Å². The smallest absolute Gasteiger partial charge is 0.332 e. The van der Waals surface area contributed by atoms with Crippen molar-refractivity contribution in [3.05, 3.63) is 62.6 Å². The van der Waals surface area contributed by atoms with E-state index in [0.717, 1.165) is 11.0 Å². The minimum atomic E-state index is -0.574. The van der Waals surface area contributed by atoms with Gasteiger partial charge in [-0.25, -0.2) is 14.3 Å². The topological polar surface area (TPSA) is 99.2 Å². The molecule has 3 heterocycles. The summed E-state index contributed by atoms with van der Waals surface area (Å²) in [6, 6.07) is 7.83. The van der Waals surface area contributed by atoms with E-state index in [2.05, 4.69) is 18.8 Å². The molecule has 1 aliphatic heterocycles. The van der Waals surface area contributed by atoms with Gasteiger partial charge in [0, 0.05) is 38.7 Å². The third-order valence-electron chi connectivity index (χ3n) is 6.60. The number of likely N-dealkylation sites (tertiary alicyclic amines) is 1. The number of amides is 1. The molecule has 1 fully saturated rings. The molecule has 0 unspecified atom stereocenters. The van der Waals surface area contributed by atoms with Crippen LogP contribution in [-0.2, 0) is 31.9 Å². The van der Waals surface area contributed by atoms with Crippen molar-refractivity contribution in [1.82, 2.24) is 23.6 Å². The predicted octanol–water partition coefficient (Wildman–Crippen LogP) is 1.75. The molecule has 1 amide bonds. The number of hydrogen-bond donors (Lipinski definition) is 0. The van der Waals surface area contributed by atoms with Crippen LogP contribution in [0.2, 0.25) is 0 Å². The zero-order valence-electron chi connectivity index (χ0n) is 20.2. The highest BCUT2D eigenvalue weighted by molar-refractivity contribution is 5.98. The van der Waals surface area contributed by atoms with Crippen molar-refractivity contribution in [2.24, 2.45) is 25.9 Å². The summed E-state index contributed by atoms with van der Waals surface area (Å²) in [7, 11) is 3.21. The summed E-state index contributed by atoms with van der Waals surface area (Å²) in [5.74, 6) is 0.228. The van der Waals surface area contributed by atoms with Gasteiger partial charge in [-0.15, -0.1) is 0 Å². The quantitative estimate of drug-likeness (QED) is 0.517. The fraction of sp³-hybridized carbons (Fsp3) is 0.480. The van der Waals surface area contributed by atoms with Crippen LogP contribution in [0, 0.1) is 11.8 Å². The number of rotatable bonds is 6. The number of aromatic nitrogens is 4. The Balaban J connectivity index is 1.42. The van der Waals surface area contributed by atoms with Crippen molar-refractivity contribution in [2.45, 2.75) is 39.7 Å². The van der Waals surface area contributed by atoms with Gasteiger partial charge in [-0.2, -0.15) is 0 Å². The first-order valence-corrected chi connectivity index (χ1v) is 11.7. The lowest BCUT2D eigenvalue weighted by atomic mass is 9.88. The molecule has 34 heavy (non-hydrogen) atoms. The summed E-state index contributed by atoms with van der Waals surface area (Å²) in [6.07, 6.45) is 3.57. The molecule has 1 aliphatic rings. The molecule has 3 aromatic rings. The molecule has 2 aromatic heterocycles. The number of carbonyl (C=O) groups excluding carboxylic acids is 2. The van der Waals surface area contributed by atoms with Crippen molar-refractivity contribution in [3.63, 3.8) is 0 Å². The van der Waals surface area contributed by atoms with Gasteiger partial charge in [0.1, 0.15) is 6.54 Å². The molecule has 0 saturated carbocycles. The van der Waals surface area contributed by atoms with Crippen LogP contribution in [0.5, 0.6) is 0 Å². The summed E-state index contributed by atoms with van der Waals surface area (Å²) >= 11 is 0. The number of hydrogen-bond acceptors (Lipinski definition) is 5. The van der Waals surface area contributed by atoms with E-state index in [1.807, 2.05) is 24.3 Å². The molecule has 9 nitrogen and oxygen atoms in total. The summed E-state index contributed by atoms with van der Waals surface area (Å²) in [6.45, 7) is 4.84. The molecular weight excluding hydrogens is 434 g/mol. The largest absolute Gasteiger partial charge is 0.341 e. The Kier molecular flexibility index (Phi) is 6.54. The van der Waals surface area contributed by atoms with Crippen molar-refractivity contribution >= 4 is 22.9 Å². The monoisotopic (exact) mass is 465 g/mol. The SMILES string of the molecule is CC(C)Cc1ccc(C(=O)C2CCN(C(=O)Cn3c(=O)c4c(ncn4C)n(C)c3=O)CC2)cc1. The number of aryl methyl sites for hydroxylation is 2. The van der Waals surface area contributed by atoms with Crippen LogP contribution < -0.4 is 11.2 Å². The first-order valence-electron chi connectivity index (χ1n) is 11.7. The van der Waals surface area contributed by atoms with E-state index in [0.29, 0.717) is 37.4 Å². The Morgan fingerprint density at radius 2 is 1.71 bits per heavy atom. The molecule has 4 rings (SSSR count). The maximum atomic E-state index is 13.0. The van der Waals surface area contributed by atoms with Gasteiger partial charge < -0.3 is 9.47 Å². The van der Waals surface area contributed by atoms with Crippen molar-refractivity contribution in [2.75, 3.05) is 13.1 Å². The van der Waals surface area contributed by atoms with E-state index in [4.69, 9.17) is 0 Å². The predicted molar refractivity (Wildman–Crippen MR) is 129 cm³/mol. The fourth-order valence-electron chi connectivity index (χ4n) is 4.67. The highest BCUT2D eigenvalue weighted by Crippen LogP contribution is 2.23. The Bertz CT molecular complexity index is 1340. The van der Waals surface area contributed by atoms with Crippen LogP contribution >= 0.6 is 0 Å². The first kappa shape index (κ1) is 23.7. The summed E-state index contributed by atoms with van der Waals surface area (Å²) in [5, 5.41) is 0. The van der Waals surface area contributed by atoms with Gasteiger partial charge in [-0.05, 0) is 30.7 Å². The number of benzene rings is 1. The van der Waals surface area contributed by atoms with Gasteiger partial charge in [0.05, 0.1) is 6.33 Å². The first-order chi connectivity index (χ1) is 16.2. The number of nitrogens with zero attached hydrogens (tertiary/aromatic N) is 5. The average molecular weight is 466 g/mol.